The Hall–Kier alpha value is -2.36. The third-order valence-corrected chi connectivity index (χ3v) is 3.77. The van der Waals surface area contributed by atoms with Crippen LogP contribution in [0.5, 0.6) is 5.75 Å². The first-order valence-corrected chi connectivity index (χ1v) is 7.20. The zero-order valence-corrected chi connectivity index (χ0v) is 12.7. The Labute approximate surface area is 129 Å². The van der Waals surface area contributed by atoms with E-state index in [-0.39, 0.29) is 18.2 Å². The lowest BCUT2D eigenvalue weighted by atomic mass is 9.91. The molecule has 0 spiro atoms. The molecule has 0 saturated carbocycles. The van der Waals surface area contributed by atoms with Gasteiger partial charge in [-0.3, -0.25) is 4.79 Å². The van der Waals surface area contributed by atoms with Crippen LogP contribution in [0.3, 0.4) is 0 Å². The smallest absolute Gasteiger partial charge is 0.303 e. The largest absolute Gasteiger partial charge is 0.496 e. The van der Waals surface area contributed by atoms with Gasteiger partial charge in [0.2, 0.25) is 0 Å². The highest BCUT2D eigenvalue weighted by Crippen LogP contribution is 2.32. The van der Waals surface area contributed by atoms with Crippen molar-refractivity contribution < 1.29 is 19.0 Å². The van der Waals surface area contributed by atoms with Crippen LogP contribution in [0.1, 0.15) is 31.2 Å². The molecule has 1 N–H and O–H groups in total. The molecule has 0 aromatic heterocycles. The third kappa shape index (κ3) is 3.64. The average Bonchev–Trinajstić information content (AvgIpc) is 2.52. The summed E-state index contributed by atoms with van der Waals surface area (Å²) < 4.78 is 18.7. The number of carboxylic acid groups (broad SMARTS) is 1. The first-order chi connectivity index (χ1) is 10.5. The van der Waals surface area contributed by atoms with Gasteiger partial charge in [-0.1, -0.05) is 31.2 Å². The fourth-order valence-corrected chi connectivity index (χ4v) is 2.55. The minimum atomic E-state index is -0.803. The van der Waals surface area contributed by atoms with Gasteiger partial charge in [-0.15, -0.1) is 0 Å². The average molecular weight is 302 g/mol. The van der Waals surface area contributed by atoms with E-state index in [0.29, 0.717) is 11.3 Å². The van der Waals surface area contributed by atoms with Crippen molar-refractivity contribution in [3.05, 3.63) is 53.8 Å². The van der Waals surface area contributed by atoms with Crippen LogP contribution < -0.4 is 4.74 Å². The Bertz CT molecular complexity index is 650. The van der Waals surface area contributed by atoms with Gasteiger partial charge in [0.1, 0.15) is 11.6 Å². The Morgan fingerprint density at radius 1 is 1.23 bits per heavy atom. The Kier molecular flexibility index (Phi) is 5.15. The van der Waals surface area contributed by atoms with Crippen LogP contribution in [0.15, 0.2) is 42.5 Å². The van der Waals surface area contributed by atoms with Crippen LogP contribution >= 0.6 is 0 Å². The molecule has 2 aromatic carbocycles. The number of hydrogen-bond acceptors (Lipinski definition) is 2. The molecular formula is C18H19FO3. The molecule has 2 rings (SSSR count). The summed E-state index contributed by atoms with van der Waals surface area (Å²) in [6, 6.07) is 11.9. The number of aliphatic carboxylic acids is 1. The van der Waals surface area contributed by atoms with E-state index in [2.05, 4.69) is 0 Å². The lowest BCUT2D eigenvalue weighted by molar-refractivity contribution is -0.137. The molecule has 0 amide bonds. The van der Waals surface area contributed by atoms with Crippen LogP contribution in [0.4, 0.5) is 4.39 Å². The van der Waals surface area contributed by atoms with Crippen LogP contribution in [-0.4, -0.2) is 18.2 Å². The highest BCUT2D eigenvalue weighted by molar-refractivity contribution is 5.71. The van der Waals surface area contributed by atoms with Crippen LogP contribution in [0, 0.1) is 5.82 Å². The molecule has 0 aliphatic heterocycles. The molecule has 1 atom stereocenters. The Morgan fingerprint density at radius 3 is 2.45 bits per heavy atom. The maximum Gasteiger partial charge on any atom is 0.303 e. The third-order valence-electron chi connectivity index (χ3n) is 3.77. The van der Waals surface area contributed by atoms with E-state index in [1.54, 1.807) is 13.2 Å². The van der Waals surface area contributed by atoms with E-state index >= 15 is 0 Å². The summed E-state index contributed by atoms with van der Waals surface area (Å²) in [4.78, 5) is 10.9. The molecule has 0 saturated heterocycles. The zero-order valence-electron chi connectivity index (χ0n) is 12.7. The number of rotatable bonds is 6. The lowest BCUT2D eigenvalue weighted by Gasteiger charge is -2.14. The van der Waals surface area contributed by atoms with Gasteiger partial charge < -0.3 is 9.84 Å². The molecule has 0 aliphatic rings. The van der Waals surface area contributed by atoms with E-state index < -0.39 is 5.97 Å². The topological polar surface area (TPSA) is 46.5 Å². The minimum Gasteiger partial charge on any atom is -0.496 e. The van der Waals surface area contributed by atoms with Crippen molar-refractivity contribution in [1.29, 1.82) is 0 Å². The summed E-state index contributed by atoms with van der Waals surface area (Å²) >= 11 is 0. The van der Waals surface area contributed by atoms with E-state index in [4.69, 9.17) is 9.84 Å². The Morgan fingerprint density at radius 2 is 1.91 bits per heavy atom. The van der Waals surface area contributed by atoms with E-state index in [1.165, 1.54) is 12.1 Å². The number of benzene rings is 2. The predicted molar refractivity (Wildman–Crippen MR) is 83.7 cm³/mol. The first-order valence-electron chi connectivity index (χ1n) is 7.20. The fraction of sp³-hybridized carbons (Fsp3) is 0.278. The maximum atomic E-state index is 13.5. The second-order valence-corrected chi connectivity index (χ2v) is 5.17. The van der Waals surface area contributed by atoms with E-state index in [0.717, 1.165) is 17.5 Å². The SMILES string of the molecule is CCC(CC(=O)O)c1ccc(-c2cc(F)ccc2OC)cc1. The molecule has 0 radical (unpaired) electrons. The molecule has 4 heteroatoms. The van der Waals surface area contributed by atoms with Crippen molar-refractivity contribution in [3.63, 3.8) is 0 Å². The van der Waals surface area contributed by atoms with Gasteiger partial charge in [-0.05, 0) is 41.7 Å². The summed E-state index contributed by atoms with van der Waals surface area (Å²) in [5.41, 5.74) is 2.50. The first kappa shape index (κ1) is 16.0. The highest BCUT2D eigenvalue weighted by Gasteiger charge is 2.14. The van der Waals surface area contributed by atoms with Gasteiger partial charge in [0.15, 0.2) is 0 Å². The van der Waals surface area contributed by atoms with E-state index in [9.17, 15) is 9.18 Å². The molecule has 0 heterocycles. The lowest BCUT2D eigenvalue weighted by Crippen LogP contribution is -2.05. The molecule has 2 aromatic rings. The van der Waals surface area contributed by atoms with Gasteiger partial charge in [-0.25, -0.2) is 4.39 Å². The van der Waals surface area contributed by atoms with Crippen molar-refractivity contribution >= 4 is 5.97 Å². The van der Waals surface area contributed by atoms with Crippen LogP contribution in [0.2, 0.25) is 0 Å². The summed E-state index contributed by atoms with van der Waals surface area (Å²) in [7, 11) is 1.55. The number of carboxylic acids is 1. The highest BCUT2D eigenvalue weighted by atomic mass is 19.1. The number of methoxy groups -OCH3 is 1. The fourth-order valence-electron chi connectivity index (χ4n) is 2.55. The van der Waals surface area contributed by atoms with Crippen molar-refractivity contribution in [2.45, 2.75) is 25.7 Å². The number of ether oxygens (including phenoxy) is 1. The van der Waals surface area contributed by atoms with Crippen LogP contribution in [0.25, 0.3) is 11.1 Å². The van der Waals surface area contributed by atoms with Gasteiger partial charge in [-0.2, -0.15) is 0 Å². The molecular weight excluding hydrogens is 283 g/mol. The van der Waals surface area contributed by atoms with Gasteiger partial charge in [0.25, 0.3) is 0 Å². The molecule has 116 valence electrons. The summed E-state index contributed by atoms with van der Waals surface area (Å²) in [5.74, 6) is -0.535. The standard InChI is InChI=1S/C18H19FO3/c1-3-12(10-18(20)21)13-4-6-14(7-5-13)16-11-15(19)8-9-17(16)22-2/h4-9,11-12H,3,10H2,1-2H3,(H,20,21). The van der Waals surface area contributed by atoms with E-state index in [1.807, 2.05) is 31.2 Å². The van der Waals surface area contributed by atoms with Crippen LogP contribution in [-0.2, 0) is 4.79 Å². The molecule has 22 heavy (non-hydrogen) atoms. The van der Waals surface area contributed by atoms with Crippen molar-refractivity contribution in [2.24, 2.45) is 0 Å². The normalized spacial score (nSPS) is 12.0. The van der Waals surface area contributed by atoms with Gasteiger partial charge >= 0.3 is 5.97 Å². The van der Waals surface area contributed by atoms with Crippen molar-refractivity contribution in [2.75, 3.05) is 7.11 Å². The minimum absolute atomic E-state index is 0.0130. The second kappa shape index (κ2) is 7.07. The quantitative estimate of drug-likeness (QED) is 0.856. The Balaban J connectivity index is 2.32. The number of hydrogen-bond donors (Lipinski definition) is 1. The predicted octanol–water partition coefficient (Wildman–Crippen LogP) is 4.47. The summed E-state index contributed by atoms with van der Waals surface area (Å²) in [6.07, 6.45) is 0.869. The monoisotopic (exact) mass is 302 g/mol. The maximum absolute atomic E-state index is 13.5. The summed E-state index contributed by atoms with van der Waals surface area (Å²) in [6.45, 7) is 1.97. The van der Waals surface area contributed by atoms with Crippen molar-refractivity contribution in [3.8, 4) is 16.9 Å². The molecule has 0 fully saturated rings. The number of halogens is 1. The molecule has 0 aliphatic carbocycles. The molecule has 0 bridgehead atoms. The van der Waals surface area contributed by atoms with Crippen molar-refractivity contribution in [1.82, 2.24) is 0 Å². The summed E-state index contributed by atoms with van der Waals surface area (Å²) in [5, 5.41) is 8.95. The van der Waals surface area contributed by atoms with Gasteiger partial charge in [0.05, 0.1) is 13.5 Å². The number of carbonyl (C=O) groups is 1. The second-order valence-electron chi connectivity index (χ2n) is 5.17. The molecule has 3 nitrogen and oxygen atoms in total. The zero-order chi connectivity index (χ0) is 16.1. The molecule has 1 unspecified atom stereocenters. The van der Waals surface area contributed by atoms with Gasteiger partial charge in [0, 0.05) is 5.56 Å².